The van der Waals surface area contributed by atoms with Crippen LogP contribution in [0.15, 0.2) is 23.8 Å². The van der Waals surface area contributed by atoms with E-state index in [2.05, 4.69) is 29.9 Å². The van der Waals surface area contributed by atoms with Crippen molar-refractivity contribution in [3.63, 3.8) is 0 Å². The third-order valence-electron chi connectivity index (χ3n) is 8.19. The molecule has 254 valence electrons. The van der Waals surface area contributed by atoms with Crippen LogP contribution in [0.1, 0.15) is 18.3 Å². The number of phosphoric acid groups is 2. The maximum absolute atomic E-state index is 13.4. The topological polar surface area (TPSA) is 304 Å². The Balaban J connectivity index is 1.23. The van der Waals surface area contributed by atoms with E-state index in [4.69, 9.17) is 33.3 Å². The van der Waals surface area contributed by atoms with Crippen LogP contribution in [-0.2, 0) is 36.7 Å². The Morgan fingerprint density at radius 3 is 2.19 bits per heavy atom. The number of anilines is 1. The number of hydrogen-bond donors (Lipinski definition) is 6. The number of ether oxygens (including phenoxy) is 2. The first-order valence-corrected chi connectivity index (χ1v) is 17.1. The molecule has 7 heterocycles. The summed E-state index contributed by atoms with van der Waals surface area (Å²) in [4.78, 5) is 57.2. The number of nitrogens with zero attached hydrogens (tertiary/aromatic N) is 7. The number of aryl methyl sites for hydroxylation is 1. The maximum atomic E-state index is 13.4. The summed E-state index contributed by atoms with van der Waals surface area (Å²) >= 11 is 0. The minimum atomic E-state index is -5.04. The van der Waals surface area contributed by atoms with Crippen molar-refractivity contribution in [2.45, 2.75) is 43.8 Å². The summed E-state index contributed by atoms with van der Waals surface area (Å²) in [6, 6.07) is 0. The van der Waals surface area contributed by atoms with Crippen LogP contribution in [0, 0.1) is 18.8 Å². The van der Waals surface area contributed by atoms with Crippen LogP contribution >= 0.6 is 15.6 Å². The molecule has 24 heteroatoms. The number of nitrogens with two attached hydrogens (primary N) is 1. The molecular formula is C23H29N9O13P2. The Bertz CT molecular complexity index is 1970. The van der Waals surface area contributed by atoms with E-state index in [1.54, 1.807) is 0 Å². The lowest BCUT2D eigenvalue weighted by atomic mass is 9.99. The highest BCUT2D eigenvalue weighted by atomic mass is 31.2. The summed E-state index contributed by atoms with van der Waals surface area (Å²) in [6.07, 6.45) is -4.25. The van der Waals surface area contributed by atoms with E-state index in [1.807, 2.05) is 0 Å². The molecule has 0 aliphatic carbocycles. The van der Waals surface area contributed by atoms with Gasteiger partial charge >= 0.3 is 15.6 Å². The van der Waals surface area contributed by atoms with Crippen LogP contribution in [0.5, 0.6) is 0 Å². The van der Waals surface area contributed by atoms with Gasteiger partial charge in [0, 0.05) is 5.92 Å². The molecule has 47 heavy (non-hydrogen) atoms. The Hall–Kier alpha value is -3.24. The lowest BCUT2D eigenvalue weighted by Gasteiger charge is -2.26. The smallest absolute Gasteiger partial charge is 0.396 e. The number of aliphatic hydroxyl groups is 2. The monoisotopic (exact) mass is 701 g/mol. The predicted molar refractivity (Wildman–Crippen MR) is 153 cm³/mol. The summed E-state index contributed by atoms with van der Waals surface area (Å²) in [5, 5.41) is 20.7. The van der Waals surface area contributed by atoms with Crippen molar-refractivity contribution < 1.29 is 56.7 Å². The summed E-state index contributed by atoms with van der Waals surface area (Å²) in [5.41, 5.74) is 5.75. The van der Waals surface area contributed by atoms with Crippen molar-refractivity contribution in [2.75, 3.05) is 32.2 Å². The van der Waals surface area contributed by atoms with Gasteiger partial charge in [0.15, 0.2) is 28.9 Å². The van der Waals surface area contributed by atoms with Gasteiger partial charge in [-0.25, -0.2) is 34.0 Å². The molecule has 0 amide bonds. The third-order valence-corrected chi connectivity index (χ3v) is 10.2. The van der Waals surface area contributed by atoms with E-state index in [1.165, 1.54) is 35.0 Å². The number of nitrogens with one attached hydrogen (secondary N) is 1. The van der Waals surface area contributed by atoms with E-state index >= 15 is 0 Å². The molecule has 10 unspecified atom stereocenters. The zero-order chi connectivity index (χ0) is 33.2. The van der Waals surface area contributed by atoms with Crippen molar-refractivity contribution in [2.24, 2.45) is 11.8 Å². The Morgan fingerprint density at radius 1 is 0.872 bits per heavy atom. The standard InChI is InChI=1S/C23H29N9O13P2/c1-9-29-20-15(21(35)30-9)28-8-32(20)23-17-10(2-33)12(42-23)4-40-46(36,37)44-16-11(3-34)22(43-13(16)5-41-47(38,39)45-17)31-7-27-14-18(24)25-6-26-19(14)31/h6-8,10-13,16-17,22-23,33-34H,2-5H2,1H3,(H,36,37)(H,38,39)(H2,24,25,26)(H,29,30,35). The molecule has 4 aromatic rings. The lowest BCUT2D eigenvalue weighted by molar-refractivity contribution is -0.0670. The number of nitrogen functional groups attached to an aromatic ring is 1. The first-order valence-electron chi connectivity index (χ1n) is 14.1. The highest BCUT2D eigenvalue weighted by Crippen LogP contribution is 2.55. The van der Waals surface area contributed by atoms with Gasteiger partial charge in [-0.3, -0.25) is 32.0 Å². The van der Waals surface area contributed by atoms with Crippen molar-refractivity contribution in [3.05, 3.63) is 35.2 Å². The van der Waals surface area contributed by atoms with Crippen LogP contribution in [-0.4, -0.2) is 110 Å². The van der Waals surface area contributed by atoms with Crippen molar-refractivity contribution in [3.8, 4) is 0 Å². The number of aromatic nitrogens is 8. The second kappa shape index (κ2) is 12.0. The van der Waals surface area contributed by atoms with E-state index in [9.17, 15) is 33.9 Å². The van der Waals surface area contributed by atoms with Gasteiger partial charge in [0.05, 0.1) is 51.1 Å². The lowest BCUT2D eigenvalue weighted by Crippen LogP contribution is -2.34. The van der Waals surface area contributed by atoms with Gasteiger partial charge in [-0.1, -0.05) is 0 Å². The Morgan fingerprint density at radius 2 is 1.49 bits per heavy atom. The van der Waals surface area contributed by atoms with Gasteiger partial charge in [-0.05, 0) is 6.92 Å². The number of aromatic amines is 1. The van der Waals surface area contributed by atoms with Gasteiger partial charge in [-0.15, -0.1) is 0 Å². The fraction of sp³-hybridized carbons (Fsp3) is 0.565. The van der Waals surface area contributed by atoms with Crippen LogP contribution in [0.25, 0.3) is 22.3 Å². The zero-order valence-electron chi connectivity index (χ0n) is 24.2. The van der Waals surface area contributed by atoms with Gasteiger partial charge in [0.1, 0.15) is 42.2 Å². The van der Waals surface area contributed by atoms with Crippen molar-refractivity contribution >= 4 is 43.8 Å². The molecule has 3 saturated heterocycles. The van der Waals surface area contributed by atoms with Crippen LogP contribution in [0.4, 0.5) is 5.82 Å². The van der Waals surface area contributed by atoms with Crippen molar-refractivity contribution in [1.29, 1.82) is 0 Å². The molecule has 0 saturated carbocycles. The largest absolute Gasteiger partial charge is 0.472 e. The number of H-pyrrole nitrogens is 1. The molecule has 7 rings (SSSR count). The SMILES string of the molecule is Cc1nc2c(ncn2C2OC3COP(=O)(O)OC4C(COP(=O)(O)OC2C3CO)OC(n2cnc3c(N)ncnc32)C4CO)c(=O)[nH]1. The van der Waals surface area contributed by atoms with Gasteiger partial charge in [-0.2, -0.15) is 0 Å². The molecule has 22 nitrogen and oxygen atoms in total. The zero-order valence-corrected chi connectivity index (χ0v) is 26.0. The minimum Gasteiger partial charge on any atom is -0.396 e. The molecule has 3 aliphatic heterocycles. The van der Waals surface area contributed by atoms with Crippen LogP contribution in [0.2, 0.25) is 0 Å². The van der Waals surface area contributed by atoms with Gasteiger partial charge in [0.2, 0.25) is 0 Å². The molecule has 0 aromatic carbocycles. The van der Waals surface area contributed by atoms with E-state index in [-0.39, 0.29) is 34.0 Å². The number of rotatable bonds is 4. The van der Waals surface area contributed by atoms with E-state index in [0.717, 1.165) is 0 Å². The minimum absolute atomic E-state index is 0.0383. The number of imidazole rings is 2. The van der Waals surface area contributed by atoms with Crippen LogP contribution < -0.4 is 11.3 Å². The average Bonchev–Trinajstić information content (AvgIpc) is 3.78. The number of aliphatic hydroxyl groups excluding tert-OH is 2. The van der Waals surface area contributed by atoms with Gasteiger partial charge in [0.25, 0.3) is 5.56 Å². The van der Waals surface area contributed by atoms with Crippen molar-refractivity contribution in [1.82, 2.24) is 39.0 Å². The molecule has 10 atom stereocenters. The number of fused-ring (bicyclic) bond motifs is 5. The van der Waals surface area contributed by atoms with Gasteiger partial charge < -0.3 is 40.2 Å². The molecular weight excluding hydrogens is 672 g/mol. The molecule has 3 aliphatic rings. The summed E-state index contributed by atoms with van der Waals surface area (Å²) in [6.45, 7) is -1.23. The highest BCUT2D eigenvalue weighted by Gasteiger charge is 2.54. The molecule has 3 fully saturated rings. The fourth-order valence-electron chi connectivity index (χ4n) is 6.04. The van der Waals surface area contributed by atoms with E-state index in [0.29, 0.717) is 0 Å². The normalized spacial score (nSPS) is 36.6. The summed E-state index contributed by atoms with van der Waals surface area (Å²) < 4.78 is 63.2. The number of phosphoric ester groups is 2. The second-order valence-electron chi connectivity index (χ2n) is 11.1. The quantitative estimate of drug-likeness (QED) is 0.137. The fourth-order valence-corrected chi connectivity index (χ4v) is 8.00. The first kappa shape index (κ1) is 32.3. The Kier molecular flexibility index (Phi) is 8.26. The Labute approximate surface area is 262 Å². The maximum Gasteiger partial charge on any atom is 0.472 e. The van der Waals surface area contributed by atoms with Crippen LogP contribution in [0.3, 0.4) is 0 Å². The highest BCUT2D eigenvalue weighted by molar-refractivity contribution is 7.47. The molecule has 4 aromatic heterocycles. The molecule has 2 bridgehead atoms. The third kappa shape index (κ3) is 5.79. The summed E-state index contributed by atoms with van der Waals surface area (Å²) in [5.74, 6) is -1.90. The predicted octanol–water partition coefficient (Wildman–Crippen LogP) is -1.12. The first-order chi connectivity index (χ1) is 22.4. The second-order valence-corrected chi connectivity index (χ2v) is 13.9. The molecule has 7 N–H and O–H groups in total. The molecule has 0 radical (unpaired) electrons. The average molecular weight is 701 g/mol. The molecule has 0 spiro atoms. The van der Waals surface area contributed by atoms with E-state index < -0.39 is 96.3 Å². The number of hydrogen-bond acceptors (Lipinski definition) is 17. The summed E-state index contributed by atoms with van der Waals surface area (Å²) in [7, 11) is -10.0.